The van der Waals surface area contributed by atoms with Gasteiger partial charge in [-0.3, -0.25) is 25.0 Å². The molecule has 1 amide bonds. The molecular formula is C30H27N5O8. The van der Waals surface area contributed by atoms with E-state index in [1.165, 1.54) is 53.4 Å². The fourth-order valence-electron chi connectivity index (χ4n) is 5.43. The molecule has 13 nitrogen and oxygen atoms in total. The summed E-state index contributed by atoms with van der Waals surface area (Å²) in [7, 11) is 1.60. The molecule has 1 aliphatic rings. The average Bonchev–Trinajstić information content (AvgIpc) is 3.38. The Hall–Kier alpha value is -5.59. The first-order valence-corrected chi connectivity index (χ1v) is 13.3. The monoisotopic (exact) mass is 585 g/mol. The lowest BCUT2D eigenvalue weighted by Crippen LogP contribution is -2.50. The van der Waals surface area contributed by atoms with Gasteiger partial charge in [-0.05, 0) is 35.2 Å². The molecule has 0 unspecified atom stereocenters. The second-order valence-corrected chi connectivity index (χ2v) is 10.2. The van der Waals surface area contributed by atoms with Crippen LogP contribution in [0.1, 0.15) is 39.6 Å². The van der Waals surface area contributed by atoms with Gasteiger partial charge in [0.05, 0.1) is 41.4 Å². The van der Waals surface area contributed by atoms with Crippen LogP contribution < -0.4 is 4.74 Å². The van der Waals surface area contributed by atoms with Gasteiger partial charge in [0.1, 0.15) is 11.8 Å². The van der Waals surface area contributed by atoms with E-state index in [0.717, 1.165) is 16.9 Å². The molecule has 43 heavy (non-hydrogen) atoms. The number of nitrogens with zero attached hydrogens (tertiary/aromatic N) is 5. The van der Waals surface area contributed by atoms with E-state index in [4.69, 9.17) is 4.74 Å². The second kappa shape index (κ2) is 11.7. The second-order valence-electron chi connectivity index (χ2n) is 10.2. The number of amides is 1. The minimum absolute atomic E-state index is 0.0127. The largest absolute Gasteiger partial charge is 0.496 e. The molecule has 1 aromatic heterocycles. The number of nitro groups is 2. The van der Waals surface area contributed by atoms with Gasteiger partial charge in [-0.15, -0.1) is 0 Å². The number of hydrogen-bond acceptors (Lipinski definition) is 8. The number of carbonyl (C=O) groups excluding carboxylic acids is 1. The lowest BCUT2D eigenvalue weighted by Gasteiger charge is -2.35. The van der Waals surface area contributed by atoms with E-state index in [1.54, 1.807) is 13.4 Å². The molecule has 0 saturated heterocycles. The zero-order valence-corrected chi connectivity index (χ0v) is 23.2. The summed E-state index contributed by atoms with van der Waals surface area (Å²) in [6.45, 7) is 2.31. The van der Waals surface area contributed by atoms with Crippen LogP contribution in [0.4, 0.5) is 11.4 Å². The highest BCUT2D eigenvalue weighted by Crippen LogP contribution is 2.33. The highest BCUT2D eigenvalue weighted by molar-refractivity contribution is 5.91. The van der Waals surface area contributed by atoms with Crippen LogP contribution in [-0.2, 0) is 29.1 Å². The van der Waals surface area contributed by atoms with Crippen molar-refractivity contribution in [3.8, 4) is 5.75 Å². The van der Waals surface area contributed by atoms with Crippen molar-refractivity contribution in [2.45, 2.75) is 38.4 Å². The van der Waals surface area contributed by atoms with E-state index in [0.29, 0.717) is 29.1 Å². The van der Waals surface area contributed by atoms with Crippen molar-refractivity contribution in [2.75, 3.05) is 7.11 Å². The molecule has 0 spiro atoms. The maximum atomic E-state index is 14.2. The topological polar surface area (TPSA) is 171 Å². The van der Waals surface area contributed by atoms with Crippen molar-refractivity contribution in [1.29, 1.82) is 0 Å². The molecule has 0 saturated carbocycles. The van der Waals surface area contributed by atoms with Crippen molar-refractivity contribution in [3.05, 3.63) is 127 Å². The quantitative estimate of drug-likeness (QED) is 0.223. The lowest BCUT2D eigenvalue weighted by atomic mass is 9.88. The molecule has 220 valence electrons. The number of aromatic nitrogens is 2. The number of non-ortho nitro benzene ring substituents is 2. The number of rotatable bonds is 9. The summed E-state index contributed by atoms with van der Waals surface area (Å²) < 4.78 is 7.21. The normalized spacial score (nSPS) is 14.3. The van der Waals surface area contributed by atoms with E-state index >= 15 is 0 Å². The molecule has 1 N–H and O–H groups in total. The van der Waals surface area contributed by atoms with E-state index in [-0.39, 0.29) is 24.3 Å². The Morgan fingerprint density at radius 1 is 1.00 bits per heavy atom. The number of benzene rings is 3. The van der Waals surface area contributed by atoms with E-state index in [9.17, 15) is 34.9 Å². The first-order chi connectivity index (χ1) is 20.6. The number of imidazole rings is 1. The Morgan fingerprint density at radius 2 is 1.58 bits per heavy atom. The standard InChI is InChI=1S/C30H27N5O8/c1-18-13-19(3-12-27(18)43-2)15-32-17-31-24-16-33(26(30(37)38)14-25(24)32)29(36)28(20-4-8-22(9-5-20)34(39)40)21-6-10-23(11-7-21)35(41)42/h3-13,17,26,28H,14-16H2,1-2H3,(H,37,38)/t26-/m0/s1. The van der Waals surface area contributed by atoms with Crippen LogP contribution in [0.25, 0.3) is 0 Å². The van der Waals surface area contributed by atoms with Crippen molar-refractivity contribution in [2.24, 2.45) is 0 Å². The van der Waals surface area contributed by atoms with E-state index < -0.39 is 33.7 Å². The van der Waals surface area contributed by atoms with E-state index in [2.05, 4.69) is 4.98 Å². The summed E-state index contributed by atoms with van der Waals surface area (Å²) >= 11 is 0. The number of carboxylic acids is 1. The highest BCUT2D eigenvalue weighted by Gasteiger charge is 2.40. The van der Waals surface area contributed by atoms with Crippen molar-refractivity contribution in [1.82, 2.24) is 14.5 Å². The number of carbonyl (C=O) groups is 2. The zero-order chi connectivity index (χ0) is 30.8. The molecule has 13 heteroatoms. The lowest BCUT2D eigenvalue weighted by molar-refractivity contribution is -0.385. The summed E-state index contributed by atoms with van der Waals surface area (Å²) in [5.41, 5.74) is 3.58. The first kappa shape index (κ1) is 28.9. The molecule has 3 aromatic carbocycles. The molecule has 1 atom stereocenters. The van der Waals surface area contributed by atoms with Gasteiger partial charge in [0.15, 0.2) is 0 Å². The summed E-state index contributed by atoms with van der Waals surface area (Å²) in [5.74, 6) is -2.08. The van der Waals surface area contributed by atoms with Crippen LogP contribution in [0, 0.1) is 27.2 Å². The SMILES string of the molecule is COc1ccc(Cn2cnc3c2C[C@@H](C(=O)O)N(C(=O)C(c2ccc([N+](=O)[O-])cc2)c2ccc([N+](=O)[O-])cc2)C3)cc1C. The van der Waals surface area contributed by atoms with Gasteiger partial charge in [-0.25, -0.2) is 9.78 Å². The van der Waals surface area contributed by atoms with Gasteiger partial charge in [-0.1, -0.05) is 36.4 Å². The Kier molecular flexibility index (Phi) is 7.88. The van der Waals surface area contributed by atoms with Gasteiger partial charge in [0.25, 0.3) is 11.4 Å². The third kappa shape index (κ3) is 5.77. The molecule has 5 rings (SSSR count). The number of fused-ring (bicyclic) bond motifs is 1. The Balaban J connectivity index is 1.50. The molecule has 0 bridgehead atoms. The number of aliphatic carboxylic acids is 1. The van der Waals surface area contributed by atoms with Crippen molar-refractivity contribution >= 4 is 23.3 Å². The zero-order valence-electron chi connectivity index (χ0n) is 23.2. The number of methoxy groups -OCH3 is 1. The molecule has 4 aromatic rings. The Labute approximate surface area is 245 Å². The molecule has 0 fully saturated rings. The minimum Gasteiger partial charge on any atom is -0.496 e. The van der Waals surface area contributed by atoms with Crippen molar-refractivity contribution < 1.29 is 29.3 Å². The number of carboxylic acid groups (broad SMARTS) is 1. The van der Waals surface area contributed by atoms with Crippen LogP contribution in [0.15, 0.2) is 73.1 Å². The maximum Gasteiger partial charge on any atom is 0.326 e. The average molecular weight is 586 g/mol. The minimum atomic E-state index is -1.22. The summed E-state index contributed by atoms with van der Waals surface area (Å²) in [4.78, 5) is 53.8. The fraction of sp³-hybridized carbons (Fsp3) is 0.233. The summed E-state index contributed by atoms with van der Waals surface area (Å²) in [5, 5.41) is 32.7. The van der Waals surface area contributed by atoms with Gasteiger partial charge in [0, 0.05) is 42.9 Å². The summed E-state index contributed by atoms with van der Waals surface area (Å²) in [6, 6.07) is 15.3. The highest BCUT2D eigenvalue weighted by atomic mass is 16.6. The Bertz CT molecular complexity index is 1660. The molecule has 0 aliphatic carbocycles. The number of nitro benzene ring substituents is 2. The van der Waals surface area contributed by atoms with Gasteiger partial charge < -0.3 is 19.3 Å². The smallest absolute Gasteiger partial charge is 0.326 e. The predicted octanol–water partition coefficient (Wildman–Crippen LogP) is 4.23. The van der Waals surface area contributed by atoms with Gasteiger partial charge >= 0.3 is 5.97 Å². The van der Waals surface area contributed by atoms with Crippen LogP contribution >= 0.6 is 0 Å². The molecule has 2 heterocycles. The van der Waals surface area contributed by atoms with Crippen LogP contribution in [0.3, 0.4) is 0 Å². The third-order valence-electron chi connectivity index (χ3n) is 7.62. The van der Waals surface area contributed by atoms with Crippen LogP contribution in [0.2, 0.25) is 0 Å². The fourth-order valence-corrected chi connectivity index (χ4v) is 5.43. The van der Waals surface area contributed by atoms with Gasteiger partial charge in [0.2, 0.25) is 5.91 Å². The first-order valence-electron chi connectivity index (χ1n) is 13.3. The number of aryl methyl sites for hydroxylation is 1. The molecule has 0 radical (unpaired) electrons. The molecular weight excluding hydrogens is 558 g/mol. The van der Waals surface area contributed by atoms with Crippen LogP contribution in [0.5, 0.6) is 5.75 Å². The summed E-state index contributed by atoms with van der Waals surface area (Å²) in [6.07, 6.45) is 1.64. The Morgan fingerprint density at radius 3 is 2.07 bits per heavy atom. The maximum absolute atomic E-state index is 14.2. The predicted molar refractivity (Wildman–Crippen MR) is 153 cm³/mol. The van der Waals surface area contributed by atoms with Crippen LogP contribution in [-0.4, -0.2) is 54.4 Å². The van der Waals surface area contributed by atoms with E-state index in [1.807, 2.05) is 29.7 Å². The van der Waals surface area contributed by atoms with Crippen molar-refractivity contribution in [3.63, 3.8) is 0 Å². The number of hydrogen-bond donors (Lipinski definition) is 1. The molecule has 1 aliphatic heterocycles. The third-order valence-corrected chi connectivity index (χ3v) is 7.62. The van der Waals surface area contributed by atoms with Gasteiger partial charge in [-0.2, -0.15) is 0 Å². The number of ether oxygens (including phenoxy) is 1.